The molecule has 2 N–H and O–H groups in total. The average molecular weight is 311 g/mol. The Morgan fingerprint density at radius 2 is 2.14 bits per heavy atom. The second-order valence-corrected chi connectivity index (χ2v) is 5.91. The third-order valence-electron chi connectivity index (χ3n) is 3.83. The molecule has 6 heteroatoms. The molecule has 2 rings (SSSR count). The van der Waals surface area contributed by atoms with Crippen molar-refractivity contribution in [3.63, 3.8) is 0 Å². The predicted octanol–water partition coefficient (Wildman–Crippen LogP) is 1.82. The van der Waals surface area contributed by atoms with E-state index in [2.05, 4.69) is 5.32 Å². The summed E-state index contributed by atoms with van der Waals surface area (Å²) in [7, 11) is 0. The molecule has 0 aliphatic carbocycles. The number of nitrogens with zero attached hydrogens (tertiary/aromatic N) is 1. The molecule has 2 unspecified atom stereocenters. The highest BCUT2D eigenvalue weighted by atomic mass is 35.5. The van der Waals surface area contributed by atoms with Gasteiger partial charge in [-0.1, -0.05) is 24.6 Å². The van der Waals surface area contributed by atoms with E-state index in [0.29, 0.717) is 23.7 Å². The van der Waals surface area contributed by atoms with Gasteiger partial charge >= 0.3 is 11.8 Å². The van der Waals surface area contributed by atoms with E-state index >= 15 is 0 Å². The summed E-state index contributed by atoms with van der Waals surface area (Å²) < 4.78 is 0. The van der Waals surface area contributed by atoms with Gasteiger partial charge in [-0.15, -0.1) is 0 Å². The Bertz CT molecular complexity index is 562. The summed E-state index contributed by atoms with van der Waals surface area (Å²) in [4.78, 5) is 25.4. The molecule has 5 nitrogen and oxygen atoms in total. The highest BCUT2D eigenvalue weighted by molar-refractivity contribution is 6.39. The van der Waals surface area contributed by atoms with Crippen molar-refractivity contribution in [1.29, 1.82) is 0 Å². The van der Waals surface area contributed by atoms with Crippen LogP contribution in [0.2, 0.25) is 5.02 Å². The minimum Gasteiger partial charge on any atom is -0.391 e. The highest BCUT2D eigenvalue weighted by Crippen LogP contribution is 2.21. The van der Waals surface area contributed by atoms with Crippen molar-refractivity contribution in [2.45, 2.75) is 26.4 Å². The van der Waals surface area contributed by atoms with Crippen molar-refractivity contribution in [3.8, 4) is 0 Å². The van der Waals surface area contributed by atoms with Crippen LogP contribution in [0, 0.1) is 12.8 Å². The first kappa shape index (κ1) is 15.8. The number of aryl methyl sites for hydroxylation is 1. The maximum absolute atomic E-state index is 12.1. The van der Waals surface area contributed by atoms with Crippen LogP contribution >= 0.6 is 11.6 Å². The lowest BCUT2D eigenvalue weighted by Crippen LogP contribution is -2.49. The predicted molar refractivity (Wildman–Crippen MR) is 81.2 cm³/mol. The summed E-state index contributed by atoms with van der Waals surface area (Å²) >= 11 is 5.98. The highest BCUT2D eigenvalue weighted by Gasteiger charge is 2.30. The summed E-state index contributed by atoms with van der Waals surface area (Å²) in [5.41, 5.74) is 1.38. The van der Waals surface area contributed by atoms with Gasteiger partial charge in [-0.25, -0.2) is 0 Å². The van der Waals surface area contributed by atoms with Crippen LogP contribution in [-0.2, 0) is 9.59 Å². The zero-order chi connectivity index (χ0) is 15.6. The van der Waals surface area contributed by atoms with Crippen LogP contribution in [-0.4, -0.2) is 41.0 Å². The Balaban J connectivity index is 1.99. The van der Waals surface area contributed by atoms with Gasteiger partial charge in [-0.05, 0) is 37.0 Å². The Hall–Kier alpha value is -1.59. The number of aliphatic hydroxyl groups excluding tert-OH is 1. The molecule has 0 bridgehead atoms. The third-order valence-corrected chi connectivity index (χ3v) is 4.24. The molecule has 2 atom stereocenters. The topological polar surface area (TPSA) is 69.6 Å². The molecule has 0 saturated carbocycles. The van der Waals surface area contributed by atoms with E-state index < -0.39 is 17.9 Å². The maximum Gasteiger partial charge on any atom is 0.313 e. The van der Waals surface area contributed by atoms with Crippen LogP contribution in [0.1, 0.15) is 18.9 Å². The summed E-state index contributed by atoms with van der Waals surface area (Å²) in [5, 5.41) is 12.9. The number of β-amino-alcohol motifs (C(OH)–C–C–N with tert-alkyl or cyclic N) is 1. The second kappa shape index (κ2) is 6.45. The second-order valence-electron chi connectivity index (χ2n) is 5.50. The number of amides is 2. The molecule has 1 heterocycles. The molecule has 0 spiro atoms. The third kappa shape index (κ3) is 3.74. The van der Waals surface area contributed by atoms with E-state index in [1.807, 2.05) is 13.8 Å². The average Bonchev–Trinajstić information content (AvgIpc) is 2.45. The molecule has 0 radical (unpaired) electrons. The zero-order valence-electron chi connectivity index (χ0n) is 12.1. The molecule has 1 aromatic rings. The first-order chi connectivity index (χ1) is 9.88. The van der Waals surface area contributed by atoms with Crippen molar-refractivity contribution >= 4 is 29.1 Å². The molecule has 114 valence electrons. The number of benzene rings is 1. The maximum atomic E-state index is 12.1. The molecule has 1 aromatic carbocycles. The summed E-state index contributed by atoms with van der Waals surface area (Å²) in [6.45, 7) is 4.47. The van der Waals surface area contributed by atoms with Crippen molar-refractivity contribution in [3.05, 3.63) is 28.8 Å². The van der Waals surface area contributed by atoms with Gasteiger partial charge in [0.1, 0.15) is 0 Å². The number of hydrogen-bond donors (Lipinski definition) is 2. The minimum atomic E-state index is -0.711. The molecule has 1 fully saturated rings. The molecule has 21 heavy (non-hydrogen) atoms. The Kier molecular flexibility index (Phi) is 4.85. The molecule has 1 aliphatic heterocycles. The van der Waals surface area contributed by atoms with E-state index in [4.69, 9.17) is 11.6 Å². The first-order valence-electron chi connectivity index (χ1n) is 6.93. The van der Waals surface area contributed by atoms with Crippen molar-refractivity contribution in [1.82, 2.24) is 4.90 Å². The number of likely N-dealkylation sites (tertiary alicyclic amines) is 1. The van der Waals surface area contributed by atoms with Crippen molar-refractivity contribution in [2.24, 2.45) is 5.92 Å². The number of carbonyl (C=O) groups is 2. The Labute approximate surface area is 128 Å². The lowest BCUT2D eigenvalue weighted by molar-refractivity contribution is -0.146. The number of carbonyl (C=O) groups excluding carboxylic acids is 2. The largest absolute Gasteiger partial charge is 0.391 e. The molecule has 1 aliphatic rings. The molecular weight excluding hydrogens is 292 g/mol. The smallest absolute Gasteiger partial charge is 0.313 e. The lowest BCUT2D eigenvalue weighted by Gasteiger charge is -2.33. The number of piperidine rings is 1. The number of halogens is 1. The van der Waals surface area contributed by atoms with Crippen LogP contribution in [0.15, 0.2) is 18.2 Å². The number of anilines is 1. The van der Waals surface area contributed by atoms with Gasteiger partial charge < -0.3 is 15.3 Å². The quantitative estimate of drug-likeness (QED) is 0.777. The van der Waals surface area contributed by atoms with E-state index in [0.717, 1.165) is 5.56 Å². The molecule has 1 saturated heterocycles. The first-order valence-corrected chi connectivity index (χ1v) is 7.30. The number of hydrogen-bond acceptors (Lipinski definition) is 3. The minimum absolute atomic E-state index is 0.146. The van der Waals surface area contributed by atoms with E-state index in [1.165, 1.54) is 4.90 Å². The standard InChI is InChI=1S/C15H19ClN2O3/c1-9-3-4-11(7-12(9)16)17-14(20)15(21)18-6-5-10(2)13(19)8-18/h3-4,7,10,13,19H,5-6,8H2,1-2H3,(H,17,20). The van der Waals surface area contributed by atoms with Crippen LogP contribution in [0.25, 0.3) is 0 Å². The number of aliphatic hydroxyl groups is 1. The van der Waals surface area contributed by atoms with Gasteiger partial charge in [0, 0.05) is 23.8 Å². The monoisotopic (exact) mass is 310 g/mol. The van der Waals surface area contributed by atoms with Gasteiger partial charge in [0.15, 0.2) is 0 Å². The fourth-order valence-corrected chi connectivity index (χ4v) is 2.41. The molecule has 2 amide bonds. The van der Waals surface area contributed by atoms with Gasteiger partial charge in [-0.3, -0.25) is 9.59 Å². The number of nitrogens with one attached hydrogen (secondary N) is 1. The summed E-state index contributed by atoms with van der Waals surface area (Å²) in [6, 6.07) is 5.07. The normalized spacial score (nSPS) is 22.0. The van der Waals surface area contributed by atoms with Gasteiger partial charge in [0.2, 0.25) is 0 Å². The molecular formula is C15H19ClN2O3. The van der Waals surface area contributed by atoms with Gasteiger partial charge in [0.25, 0.3) is 0 Å². The lowest BCUT2D eigenvalue weighted by atomic mass is 9.96. The summed E-state index contributed by atoms with van der Waals surface area (Å²) in [6.07, 6.45) is 0.112. The van der Waals surface area contributed by atoms with Crippen LogP contribution in [0.4, 0.5) is 5.69 Å². The van der Waals surface area contributed by atoms with E-state index in [9.17, 15) is 14.7 Å². The van der Waals surface area contributed by atoms with Crippen LogP contribution in [0.3, 0.4) is 0 Å². The van der Waals surface area contributed by atoms with Gasteiger partial charge in [0.05, 0.1) is 6.10 Å². The van der Waals surface area contributed by atoms with Crippen molar-refractivity contribution < 1.29 is 14.7 Å². The van der Waals surface area contributed by atoms with Crippen LogP contribution in [0.5, 0.6) is 0 Å². The number of rotatable bonds is 1. The SMILES string of the molecule is Cc1ccc(NC(=O)C(=O)N2CCC(C)C(O)C2)cc1Cl. The fourth-order valence-electron chi connectivity index (χ4n) is 2.23. The Morgan fingerprint density at radius 3 is 2.76 bits per heavy atom. The van der Waals surface area contributed by atoms with Crippen molar-refractivity contribution in [2.75, 3.05) is 18.4 Å². The molecule has 0 aromatic heterocycles. The van der Waals surface area contributed by atoms with E-state index in [1.54, 1.807) is 18.2 Å². The fraction of sp³-hybridized carbons (Fsp3) is 0.467. The Morgan fingerprint density at radius 1 is 1.43 bits per heavy atom. The summed E-state index contributed by atoms with van der Waals surface area (Å²) in [5.74, 6) is -1.19. The van der Waals surface area contributed by atoms with Crippen LogP contribution < -0.4 is 5.32 Å². The van der Waals surface area contributed by atoms with E-state index in [-0.39, 0.29) is 12.5 Å². The van der Waals surface area contributed by atoms with Gasteiger partial charge in [-0.2, -0.15) is 0 Å². The zero-order valence-corrected chi connectivity index (χ0v) is 12.9.